The minimum atomic E-state index is -0.579. The minimum absolute atomic E-state index is 0.110. The van der Waals surface area contributed by atoms with Crippen LogP contribution in [0.4, 0.5) is 11.4 Å². The fourth-order valence-electron chi connectivity index (χ4n) is 2.55. The summed E-state index contributed by atoms with van der Waals surface area (Å²) in [5.74, 6) is -0.318. The van der Waals surface area contributed by atoms with E-state index >= 15 is 0 Å². The molecule has 3 aromatic carbocycles. The number of nitrogens with zero attached hydrogens (tertiary/aromatic N) is 1. The average Bonchev–Trinajstić information content (AvgIpc) is 2.68. The molecule has 0 aliphatic carbocycles. The number of nitrogens with one attached hydrogen (secondary N) is 1. The average molecular weight is 348 g/mol. The number of carbonyl (C=O) groups excluding carboxylic acids is 1. The van der Waals surface area contributed by atoms with Crippen LogP contribution in [0, 0.1) is 10.1 Å². The highest BCUT2D eigenvalue weighted by Crippen LogP contribution is 2.28. The van der Waals surface area contributed by atoms with Crippen molar-refractivity contribution in [1.82, 2.24) is 0 Å². The highest BCUT2D eigenvalue weighted by atomic mass is 16.6. The Morgan fingerprint density at radius 2 is 1.62 bits per heavy atom. The summed E-state index contributed by atoms with van der Waals surface area (Å²) in [4.78, 5) is 22.9. The van der Waals surface area contributed by atoms with Gasteiger partial charge in [0.15, 0.2) is 5.75 Å². The third kappa shape index (κ3) is 3.70. The molecule has 0 unspecified atom stereocenters. The lowest BCUT2D eigenvalue weighted by molar-refractivity contribution is -0.385. The molecule has 0 fully saturated rings. The standard InChI is InChI=1S/C20H16N2O4/c1-26-19-12-9-16(13-18(19)22(24)25)20(23)21-17-10-7-15(8-11-17)14-5-3-2-4-6-14/h2-13H,1H3,(H,21,23). The van der Waals surface area contributed by atoms with E-state index in [-0.39, 0.29) is 17.0 Å². The summed E-state index contributed by atoms with van der Waals surface area (Å²) in [7, 11) is 1.34. The van der Waals surface area contributed by atoms with Crippen molar-refractivity contribution in [2.45, 2.75) is 0 Å². The Hall–Kier alpha value is -3.67. The highest BCUT2D eigenvalue weighted by molar-refractivity contribution is 6.04. The van der Waals surface area contributed by atoms with Gasteiger partial charge in [-0.05, 0) is 35.4 Å². The summed E-state index contributed by atoms with van der Waals surface area (Å²) in [5, 5.41) is 13.8. The van der Waals surface area contributed by atoms with Crippen molar-refractivity contribution in [2.24, 2.45) is 0 Å². The summed E-state index contributed by atoms with van der Waals surface area (Å²) in [6, 6.07) is 21.4. The van der Waals surface area contributed by atoms with Crippen molar-refractivity contribution in [2.75, 3.05) is 12.4 Å². The van der Waals surface area contributed by atoms with Crippen LogP contribution < -0.4 is 10.1 Å². The van der Waals surface area contributed by atoms with Crippen LogP contribution in [0.3, 0.4) is 0 Å². The largest absolute Gasteiger partial charge is 0.490 e. The lowest BCUT2D eigenvalue weighted by Crippen LogP contribution is -2.12. The van der Waals surface area contributed by atoms with Crippen LogP contribution >= 0.6 is 0 Å². The van der Waals surface area contributed by atoms with E-state index in [1.54, 1.807) is 12.1 Å². The zero-order valence-corrected chi connectivity index (χ0v) is 14.0. The molecule has 0 bridgehead atoms. The van der Waals surface area contributed by atoms with Gasteiger partial charge in [-0.1, -0.05) is 42.5 Å². The molecule has 0 atom stereocenters. The summed E-state index contributed by atoms with van der Waals surface area (Å²) < 4.78 is 4.94. The smallest absolute Gasteiger partial charge is 0.311 e. The van der Waals surface area contributed by atoms with E-state index in [1.165, 1.54) is 25.3 Å². The van der Waals surface area contributed by atoms with Crippen LogP contribution in [0.15, 0.2) is 72.8 Å². The number of amides is 1. The van der Waals surface area contributed by atoms with Gasteiger partial charge in [-0.3, -0.25) is 14.9 Å². The van der Waals surface area contributed by atoms with Crippen molar-refractivity contribution in [1.29, 1.82) is 0 Å². The molecule has 130 valence electrons. The van der Waals surface area contributed by atoms with Gasteiger partial charge in [0.25, 0.3) is 5.91 Å². The number of nitro benzene ring substituents is 1. The number of nitro groups is 1. The molecule has 6 nitrogen and oxygen atoms in total. The fourth-order valence-corrected chi connectivity index (χ4v) is 2.55. The number of carbonyl (C=O) groups is 1. The summed E-state index contributed by atoms with van der Waals surface area (Å²) in [6.07, 6.45) is 0. The maximum absolute atomic E-state index is 12.4. The van der Waals surface area contributed by atoms with E-state index in [9.17, 15) is 14.9 Å². The van der Waals surface area contributed by atoms with Crippen LogP contribution in [-0.4, -0.2) is 17.9 Å². The fraction of sp³-hybridized carbons (Fsp3) is 0.0500. The van der Waals surface area contributed by atoms with Gasteiger partial charge in [-0.2, -0.15) is 0 Å². The van der Waals surface area contributed by atoms with Crippen molar-refractivity contribution < 1.29 is 14.5 Å². The van der Waals surface area contributed by atoms with Crippen LogP contribution in [-0.2, 0) is 0 Å². The second kappa shape index (κ2) is 7.48. The molecule has 26 heavy (non-hydrogen) atoms. The second-order valence-electron chi connectivity index (χ2n) is 5.54. The second-order valence-corrected chi connectivity index (χ2v) is 5.54. The van der Waals surface area contributed by atoms with E-state index in [0.717, 1.165) is 11.1 Å². The Balaban J connectivity index is 1.78. The molecule has 1 amide bonds. The number of hydrogen-bond donors (Lipinski definition) is 1. The number of hydrogen-bond acceptors (Lipinski definition) is 4. The third-order valence-corrected chi connectivity index (χ3v) is 3.89. The van der Waals surface area contributed by atoms with E-state index < -0.39 is 10.8 Å². The molecule has 0 saturated heterocycles. The van der Waals surface area contributed by atoms with Crippen LogP contribution in [0.25, 0.3) is 11.1 Å². The highest BCUT2D eigenvalue weighted by Gasteiger charge is 2.18. The first-order valence-electron chi connectivity index (χ1n) is 7.88. The van der Waals surface area contributed by atoms with E-state index in [1.807, 2.05) is 42.5 Å². The molecule has 6 heteroatoms. The molecule has 0 aliphatic rings. The van der Waals surface area contributed by atoms with Gasteiger partial charge in [0.1, 0.15) is 0 Å². The van der Waals surface area contributed by atoms with E-state index in [2.05, 4.69) is 5.32 Å². The SMILES string of the molecule is COc1ccc(C(=O)Nc2ccc(-c3ccccc3)cc2)cc1[N+](=O)[O-]. The van der Waals surface area contributed by atoms with Gasteiger partial charge in [-0.15, -0.1) is 0 Å². The van der Waals surface area contributed by atoms with Gasteiger partial charge in [0, 0.05) is 17.3 Å². The molecule has 0 saturated carbocycles. The number of anilines is 1. The third-order valence-electron chi connectivity index (χ3n) is 3.89. The summed E-state index contributed by atoms with van der Waals surface area (Å²) in [6.45, 7) is 0. The van der Waals surface area contributed by atoms with Crippen LogP contribution in [0.5, 0.6) is 5.75 Å². The number of methoxy groups -OCH3 is 1. The zero-order chi connectivity index (χ0) is 18.5. The first kappa shape index (κ1) is 17.2. The maximum Gasteiger partial charge on any atom is 0.311 e. The van der Waals surface area contributed by atoms with Crippen molar-refractivity contribution >= 4 is 17.3 Å². The monoisotopic (exact) mass is 348 g/mol. The van der Waals surface area contributed by atoms with Crippen molar-refractivity contribution in [3.05, 3.63) is 88.5 Å². The van der Waals surface area contributed by atoms with Gasteiger partial charge < -0.3 is 10.1 Å². The summed E-state index contributed by atoms with van der Waals surface area (Å²) >= 11 is 0. The number of ether oxygens (including phenoxy) is 1. The maximum atomic E-state index is 12.4. The Bertz CT molecular complexity index is 938. The molecule has 0 aromatic heterocycles. The Kier molecular flexibility index (Phi) is 4.94. The molecule has 0 spiro atoms. The molecule has 1 N–H and O–H groups in total. The topological polar surface area (TPSA) is 81.5 Å². The lowest BCUT2D eigenvalue weighted by atomic mass is 10.1. The van der Waals surface area contributed by atoms with Crippen molar-refractivity contribution in [3.63, 3.8) is 0 Å². The first-order valence-corrected chi connectivity index (χ1v) is 7.88. The van der Waals surface area contributed by atoms with Gasteiger partial charge in [0.05, 0.1) is 12.0 Å². The molecule has 0 heterocycles. The zero-order valence-electron chi connectivity index (χ0n) is 14.0. The lowest BCUT2D eigenvalue weighted by Gasteiger charge is -2.08. The molecular formula is C20H16N2O4. The van der Waals surface area contributed by atoms with E-state index in [0.29, 0.717) is 5.69 Å². The Morgan fingerprint density at radius 1 is 0.962 bits per heavy atom. The Labute approximate surface area is 150 Å². The Morgan fingerprint density at radius 3 is 2.23 bits per heavy atom. The van der Waals surface area contributed by atoms with Gasteiger partial charge in [0.2, 0.25) is 0 Å². The minimum Gasteiger partial charge on any atom is -0.490 e. The molecule has 3 aromatic rings. The molecular weight excluding hydrogens is 332 g/mol. The predicted molar refractivity (Wildman–Crippen MR) is 99.5 cm³/mol. The summed E-state index contributed by atoms with van der Waals surface area (Å²) in [5.41, 5.74) is 2.65. The van der Waals surface area contributed by atoms with Gasteiger partial charge in [-0.25, -0.2) is 0 Å². The van der Waals surface area contributed by atoms with Gasteiger partial charge >= 0.3 is 5.69 Å². The normalized spacial score (nSPS) is 10.2. The molecule has 0 radical (unpaired) electrons. The van der Waals surface area contributed by atoms with Crippen LogP contribution in [0.1, 0.15) is 10.4 Å². The predicted octanol–water partition coefficient (Wildman–Crippen LogP) is 4.52. The van der Waals surface area contributed by atoms with E-state index in [4.69, 9.17) is 4.74 Å². The first-order chi connectivity index (χ1) is 12.6. The number of rotatable bonds is 5. The van der Waals surface area contributed by atoms with Crippen LogP contribution in [0.2, 0.25) is 0 Å². The molecule has 0 aliphatic heterocycles. The quantitative estimate of drug-likeness (QED) is 0.543. The van der Waals surface area contributed by atoms with Crippen molar-refractivity contribution in [3.8, 4) is 16.9 Å². The molecule has 3 rings (SSSR count). The number of benzene rings is 3.